The zero-order valence-corrected chi connectivity index (χ0v) is 8.32. The number of halogens is 1. The first-order chi connectivity index (χ1) is 6.59. The lowest BCUT2D eigenvalue weighted by Crippen LogP contribution is -2.04. The van der Waals surface area contributed by atoms with Gasteiger partial charge >= 0.3 is 0 Å². The normalized spacial score (nSPS) is 11.5. The van der Waals surface area contributed by atoms with Crippen molar-refractivity contribution >= 4 is 11.0 Å². The molecule has 0 atom stereocenters. The first-order valence-electron chi connectivity index (χ1n) is 4.47. The van der Waals surface area contributed by atoms with Crippen LogP contribution in [0.2, 0.25) is 0 Å². The summed E-state index contributed by atoms with van der Waals surface area (Å²) in [7, 11) is 0. The van der Waals surface area contributed by atoms with Crippen LogP contribution in [0.3, 0.4) is 0 Å². The van der Waals surface area contributed by atoms with Gasteiger partial charge in [0.2, 0.25) is 5.95 Å². The average molecular weight is 194 g/mol. The van der Waals surface area contributed by atoms with E-state index in [0.29, 0.717) is 16.9 Å². The van der Waals surface area contributed by atoms with Gasteiger partial charge in [-0.2, -0.15) is 9.49 Å². The van der Waals surface area contributed by atoms with Gasteiger partial charge in [-0.15, -0.1) is 0 Å². The monoisotopic (exact) mass is 194 g/mol. The van der Waals surface area contributed by atoms with Crippen molar-refractivity contribution in [2.24, 2.45) is 0 Å². The summed E-state index contributed by atoms with van der Waals surface area (Å²) in [6.45, 7) is 5.61. The highest BCUT2D eigenvalue weighted by Gasteiger charge is 2.12. The van der Waals surface area contributed by atoms with Gasteiger partial charge in [0, 0.05) is 6.04 Å². The molecule has 2 rings (SSSR count). The number of aromatic nitrogens is 4. The molecule has 0 saturated heterocycles. The van der Waals surface area contributed by atoms with E-state index in [4.69, 9.17) is 0 Å². The van der Waals surface area contributed by atoms with E-state index in [0.717, 1.165) is 0 Å². The minimum Gasteiger partial charge on any atom is -0.245 e. The van der Waals surface area contributed by atoms with E-state index in [1.165, 1.54) is 6.20 Å². The molecular weight excluding hydrogens is 183 g/mol. The summed E-state index contributed by atoms with van der Waals surface area (Å²) in [4.78, 5) is 7.81. The van der Waals surface area contributed by atoms with Gasteiger partial charge in [-0.3, -0.25) is 0 Å². The van der Waals surface area contributed by atoms with Crippen LogP contribution in [-0.2, 0) is 0 Å². The second-order valence-electron chi connectivity index (χ2n) is 3.48. The third-order valence-corrected chi connectivity index (χ3v) is 2.01. The maximum atomic E-state index is 13.3. The van der Waals surface area contributed by atoms with Crippen molar-refractivity contribution in [2.45, 2.75) is 26.8 Å². The molecule has 4 nitrogen and oxygen atoms in total. The van der Waals surface area contributed by atoms with Crippen LogP contribution in [0.15, 0.2) is 6.20 Å². The standard InChI is InChI=1S/C9H11FN4/c1-5(2)14-9-7(4-11-14)8(10)12-6(3)13-9/h4-5H,1-3H3. The van der Waals surface area contributed by atoms with Crippen molar-refractivity contribution in [3.63, 3.8) is 0 Å². The molecule has 0 bridgehead atoms. The second-order valence-corrected chi connectivity index (χ2v) is 3.48. The number of rotatable bonds is 1. The van der Waals surface area contributed by atoms with Crippen molar-refractivity contribution < 1.29 is 4.39 Å². The van der Waals surface area contributed by atoms with E-state index in [1.807, 2.05) is 13.8 Å². The van der Waals surface area contributed by atoms with Gasteiger partial charge in [0.05, 0.1) is 11.6 Å². The summed E-state index contributed by atoms with van der Waals surface area (Å²) in [6.07, 6.45) is 1.46. The van der Waals surface area contributed by atoms with E-state index in [9.17, 15) is 4.39 Å². The Morgan fingerprint density at radius 3 is 2.71 bits per heavy atom. The smallest absolute Gasteiger partial charge is 0.227 e. The molecule has 14 heavy (non-hydrogen) atoms. The fourth-order valence-electron chi connectivity index (χ4n) is 1.37. The number of hydrogen-bond donors (Lipinski definition) is 0. The quantitative estimate of drug-likeness (QED) is 0.651. The molecule has 2 aromatic heterocycles. The zero-order chi connectivity index (χ0) is 10.3. The highest BCUT2D eigenvalue weighted by Crippen LogP contribution is 2.17. The molecular formula is C9H11FN4. The Morgan fingerprint density at radius 2 is 2.07 bits per heavy atom. The maximum Gasteiger partial charge on any atom is 0.227 e. The van der Waals surface area contributed by atoms with E-state index in [-0.39, 0.29) is 6.04 Å². The van der Waals surface area contributed by atoms with E-state index >= 15 is 0 Å². The molecule has 0 aliphatic rings. The number of fused-ring (bicyclic) bond motifs is 1. The van der Waals surface area contributed by atoms with Gasteiger partial charge < -0.3 is 0 Å². The minimum absolute atomic E-state index is 0.168. The Morgan fingerprint density at radius 1 is 1.36 bits per heavy atom. The topological polar surface area (TPSA) is 43.6 Å². The maximum absolute atomic E-state index is 13.3. The molecule has 0 fully saturated rings. The van der Waals surface area contributed by atoms with E-state index < -0.39 is 5.95 Å². The zero-order valence-electron chi connectivity index (χ0n) is 8.32. The molecule has 5 heteroatoms. The molecule has 0 radical (unpaired) electrons. The van der Waals surface area contributed by atoms with Gasteiger partial charge in [0.1, 0.15) is 5.82 Å². The van der Waals surface area contributed by atoms with Crippen molar-refractivity contribution in [1.29, 1.82) is 0 Å². The van der Waals surface area contributed by atoms with E-state index in [1.54, 1.807) is 11.6 Å². The molecule has 0 saturated carbocycles. The molecule has 74 valence electrons. The number of hydrogen-bond acceptors (Lipinski definition) is 3. The van der Waals surface area contributed by atoms with Crippen LogP contribution in [0.5, 0.6) is 0 Å². The Kier molecular flexibility index (Phi) is 1.94. The summed E-state index contributed by atoms with van der Waals surface area (Å²) in [5, 5.41) is 4.45. The Hall–Kier alpha value is -1.52. The summed E-state index contributed by atoms with van der Waals surface area (Å²) in [5.74, 6) is -0.0724. The van der Waals surface area contributed by atoms with Gasteiger partial charge in [0.25, 0.3) is 0 Å². The van der Waals surface area contributed by atoms with Crippen LogP contribution in [0.25, 0.3) is 11.0 Å². The highest BCUT2D eigenvalue weighted by molar-refractivity contribution is 5.74. The van der Waals surface area contributed by atoms with Gasteiger partial charge in [-0.05, 0) is 20.8 Å². The van der Waals surface area contributed by atoms with Crippen LogP contribution in [0.1, 0.15) is 25.7 Å². The molecule has 2 heterocycles. The lowest BCUT2D eigenvalue weighted by molar-refractivity contribution is 0.543. The Labute approximate surface area is 80.8 Å². The molecule has 0 aliphatic heterocycles. The second kappa shape index (κ2) is 3.01. The van der Waals surface area contributed by atoms with E-state index in [2.05, 4.69) is 15.1 Å². The minimum atomic E-state index is -0.501. The molecule has 0 aliphatic carbocycles. The lowest BCUT2D eigenvalue weighted by atomic mass is 10.4. The molecule has 0 spiro atoms. The lowest BCUT2D eigenvalue weighted by Gasteiger charge is -2.05. The molecule has 0 unspecified atom stereocenters. The van der Waals surface area contributed by atoms with Crippen molar-refractivity contribution in [3.05, 3.63) is 18.0 Å². The van der Waals surface area contributed by atoms with Crippen LogP contribution in [0, 0.1) is 12.9 Å². The SMILES string of the molecule is Cc1nc(F)c2cnn(C(C)C)c2n1. The summed E-state index contributed by atoms with van der Waals surface area (Å²) in [5.41, 5.74) is 0.560. The van der Waals surface area contributed by atoms with Crippen LogP contribution < -0.4 is 0 Å². The third kappa shape index (κ3) is 1.25. The largest absolute Gasteiger partial charge is 0.245 e. The molecule has 2 aromatic rings. The van der Waals surface area contributed by atoms with Crippen molar-refractivity contribution in [1.82, 2.24) is 19.7 Å². The number of nitrogens with zero attached hydrogens (tertiary/aromatic N) is 4. The first-order valence-corrected chi connectivity index (χ1v) is 4.47. The molecule has 0 N–H and O–H groups in total. The van der Waals surface area contributed by atoms with Crippen molar-refractivity contribution in [3.8, 4) is 0 Å². The Bertz CT molecular complexity index is 475. The molecule has 0 aromatic carbocycles. The fraction of sp³-hybridized carbons (Fsp3) is 0.444. The highest BCUT2D eigenvalue weighted by atomic mass is 19.1. The average Bonchev–Trinajstić information content (AvgIpc) is 2.47. The van der Waals surface area contributed by atoms with Crippen LogP contribution >= 0.6 is 0 Å². The molecule has 0 amide bonds. The van der Waals surface area contributed by atoms with Gasteiger partial charge in [-0.1, -0.05) is 0 Å². The first kappa shape index (κ1) is 9.05. The third-order valence-electron chi connectivity index (χ3n) is 2.01. The van der Waals surface area contributed by atoms with Crippen LogP contribution in [0.4, 0.5) is 4.39 Å². The predicted molar refractivity (Wildman–Crippen MR) is 50.4 cm³/mol. The summed E-state index contributed by atoms with van der Waals surface area (Å²) in [6, 6.07) is 0.168. The predicted octanol–water partition coefficient (Wildman–Crippen LogP) is 1.85. The number of aryl methyl sites for hydroxylation is 1. The van der Waals surface area contributed by atoms with Crippen molar-refractivity contribution in [2.75, 3.05) is 0 Å². The van der Waals surface area contributed by atoms with Gasteiger partial charge in [0.15, 0.2) is 5.65 Å². The summed E-state index contributed by atoms with van der Waals surface area (Å²) >= 11 is 0. The van der Waals surface area contributed by atoms with Gasteiger partial charge in [-0.25, -0.2) is 14.6 Å². The van der Waals surface area contributed by atoms with Crippen LogP contribution in [-0.4, -0.2) is 19.7 Å². The summed E-state index contributed by atoms with van der Waals surface area (Å²) < 4.78 is 15.0. The Balaban J connectivity index is 2.78. The fourth-order valence-corrected chi connectivity index (χ4v) is 1.37.